The fourth-order valence-electron chi connectivity index (χ4n) is 2.29. The molecule has 4 nitrogen and oxygen atoms in total. The van der Waals surface area contributed by atoms with Gasteiger partial charge in [-0.3, -0.25) is 9.69 Å². The first-order valence-corrected chi connectivity index (χ1v) is 6.20. The van der Waals surface area contributed by atoms with Crippen molar-refractivity contribution in [3.8, 4) is 0 Å². The van der Waals surface area contributed by atoms with E-state index in [9.17, 15) is 4.79 Å². The molecular weight excluding hydrogens is 204 g/mol. The van der Waals surface area contributed by atoms with Crippen molar-refractivity contribution in [3.63, 3.8) is 0 Å². The highest BCUT2D eigenvalue weighted by Crippen LogP contribution is 2.09. The first kappa shape index (κ1) is 13.5. The normalized spacial score (nSPS) is 23.3. The molecule has 0 amide bonds. The molecule has 0 N–H and O–H groups in total. The Morgan fingerprint density at radius 2 is 2.19 bits per heavy atom. The van der Waals surface area contributed by atoms with Gasteiger partial charge in [-0.1, -0.05) is 6.92 Å². The van der Waals surface area contributed by atoms with E-state index in [4.69, 9.17) is 0 Å². The molecule has 0 saturated carbocycles. The summed E-state index contributed by atoms with van der Waals surface area (Å²) in [5.74, 6) is -0.0970. The summed E-state index contributed by atoms with van der Waals surface area (Å²) < 4.78 is 4.63. The number of nitrogens with zero attached hydrogens (tertiary/aromatic N) is 2. The lowest BCUT2D eigenvalue weighted by molar-refractivity contribution is -0.140. The van der Waals surface area contributed by atoms with E-state index in [2.05, 4.69) is 28.4 Å². The van der Waals surface area contributed by atoms with Crippen molar-refractivity contribution in [2.24, 2.45) is 0 Å². The van der Waals surface area contributed by atoms with Crippen LogP contribution in [0.4, 0.5) is 0 Å². The second-order valence-corrected chi connectivity index (χ2v) is 4.46. The number of piperazine rings is 1. The van der Waals surface area contributed by atoms with Gasteiger partial charge in [0.15, 0.2) is 0 Å². The van der Waals surface area contributed by atoms with E-state index >= 15 is 0 Å². The number of methoxy groups -OCH3 is 1. The number of carbonyl (C=O) groups is 1. The van der Waals surface area contributed by atoms with Crippen molar-refractivity contribution in [1.29, 1.82) is 0 Å². The summed E-state index contributed by atoms with van der Waals surface area (Å²) in [4.78, 5) is 15.9. The second kappa shape index (κ2) is 6.86. The Kier molecular flexibility index (Phi) is 5.77. The summed E-state index contributed by atoms with van der Waals surface area (Å²) >= 11 is 0. The van der Waals surface area contributed by atoms with Gasteiger partial charge in [-0.25, -0.2) is 0 Å². The van der Waals surface area contributed by atoms with Crippen LogP contribution in [0.1, 0.15) is 26.7 Å². The molecule has 1 fully saturated rings. The van der Waals surface area contributed by atoms with Gasteiger partial charge < -0.3 is 9.64 Å². The van der Waals surface area contributed by atoms with Gasteiger partial charge in [-0.05, 0) is 26.4 Å². The first-order chi connectivity index (χ1) is 7.67. The van der Waals surface area contributed by atoms with Crippen LogP contribution >= 0.6 is 0 Å². The Bertz CT molecular complexity index is 221. The minimum atomic E-state index is -0.0970. The van der Waals surface area contributed by atoms with Crippen LogP contribution in [0.25, 0.3) is 0 Å². The molecule has 1 heterocycles. The minimum Gasteiger partial charge on any atom is -0.469 e. The summed E-state index contributed by atoms with van der Waals surface area (Å²) in [6, 6.07) is 0.636. The Morgan fingerprint density at radius 1 is 1.44 bits per heavy atom. The number of carbonyl (C=O) groups excluding carboxylic acids is 1. The van der Waals surface area contributed by atoms with E-state index in [0.29, 0.717) is 12.5 Å². The van der Waals surface area contributed by atoms with E-state index in [1.807, 2.05) is 0 Å². The van der Waals surface area contributed by atoms with Crippen LogP contribution < -0.4 is 0 Å². The average Bonchev–Trinajstić information content (AvgIpc) is 2.29. The minimum absolute atomic E-state index is 0.0970. The lowest BCUT2D eigenvalue weighted by atomic mass is 10.2. The van der Waals surface area contributed by atoms with Gasteiger partial charge in [0, 0.05) is 32.1 Å². The summed E-state index contributed by atoms with van der Waals surface area (Å²) in [5.41, 5.74) is 0. The SMILES string of the molecule is CCN1CCN(CCCC(=O)OC)CC1C. The molecule has 4 heteroatoms. The smallest absolute Gasteiger partial charge is 0.305 e. The largest absolute Gasteiger partial charge is 0.469 e. The molecule has 1 rings (SSSR count). The predicted octanol–water partition coefficient (Wildman–Crippen LogP) is 0.966. The van der Waals surface area contributed by atoms with Gasteiger partial charge in [-0.15, -0.1) is 0 Å². The molecule has 1 atom stereocenters. The van der Waals surface area contributed by atoms with Crippen LogP contribution in [0.3, 0.4) is 0 Å². The highest BCUT2D eigenvalue weighted by atomic mass is 16.5. The topological polar surface area (TPSA) is 32.8 Å². The van der Waals surface area contributed by atoms with E-state index in [0.717, 1.165) is 39.1 Å². The second-order valence-electron chi connectivity index (χ2n) is 4.46. The van der Waals surface area contributed by atoms with Gasteiger partial charge in [-0.2, -0.15) is 0 Å². The van der Waals surface area contributed by atoms with Gasteiger partial charge in [0.05, 0.1) is 7.11 Å². The van der Waals surface area contributed by atoms with E-state index in [1.54, 1.807) is 0 Å². The van der Waals surface area contributed by atoms with Crippen molar-refractivity contribution < 1.29 is 9.53 Å². The number of rotatable bonds is 5. The summed E-state index contributed by atoms with van der Waals surface area (Å²) in [6.45, 7) is 10.0. The monoisotopic (exact) mass is 228 g/mol. The Morgan fingerprint density at radius 3 is 2.75 bits per heavy atom. The van der Waals surface area contributed by atoms with Crippen LogP contribution in [0.2, 0.25) is 0 Å². The maximum absolute atomic E-state index is 11.0. The molecule has 0 radical (unpaired) electrons. The van der Waals surface area contributed by atoms with Crippen molar-refractivity contribution in [2.45, 2.75) is 32.7 Å². The number of ether oxygens (including phenoxy) is 1. The number of hydrogen-bond donors (Lipinski definition) is 0. The highest BCUT2D eigenvalue weighted by Gasteiger charge is 2.21. The molecule has 1 saturated heterocycles. The summed E-state index contributed by atoms with van der Waals surface area (Å²) in [6.07, 6.45) is 1.45. The molecule has 0 aromatic heterocycles. The van der Waals surface area contributed by atoms with E-state index in [1.165, 1.54) is 7.11 Å². The predicted molar refractivity (Wildman–Crippen MR) is 64.4 cm³/mol. The Balaban J connectivity index is 2.17. The Labute approximate surface area is 98.5 Å². The third-order valence-electron chi connectivity index (χ3n) is 3.34. The quantitative estimate of drug-likeness (QED) is 0.656. The zero-order valence-corrected chi connectivity index (χ0v) is 10.7. The third-order valence-corrected chi connectivity index (χ3v) is 3.34. The number of esters is 1. The molecule has 0 aromatic carbocycles. The van der Waals surface area contributed by atoms with Crippen LogP contribution in [0.15, 0.2) is 0 Å². The van der Waals surface area contributed by atoms with E-state index < -0.39 is 0 Å². The van der Waals surface area contributed by atoms with Crippen LogP contribution in [0, 0.1) is 0 Å². The molecule has 16 heavy (non-hydrogen) atoms. The average molecular weight is 228 g/mol. The maximum atomic E-state index is 11.0. The van der Waals surface area contributed by atoms with Crippen molar-refractivity contribution in [1.82, 2.24) is 9.80 Å². The van der Waals surface area contributed by atoms with Crippen molar-refractivity contribution >= 4 is 5.97 Å². The van der Waals surface area contributed by atoms with Crippen LogP contribution in [-0.2, 0) is 9.53 Å². The van der Waals surface area contributed by atoms with Gasteiger partial charge in [0.2, 0.25) is 0 Å². The molecular formula is C12H24N2O2. The van der Waals surface area contributed by atoms with Crippen LogP contribution in [-0.4, -0.2) is 61.6 Å². The molecule has 0 aliphatic carbocycles. The lowest BCUT2D eigenvalue weighted by Gasteiger charge is -2.39. The molecule has 1 unspecified atom stereocenters. The van der Waals surface area contributed by atoms with Gasteiger partial charge in [0.1, 0.15) is 0 Å². The standard InChI is InChI=1S/C12H24N2O2/c1-4-14-9-8-13(10-11(14)2)7-5-6-12(15)16-3/h11H,4-10H2,1-3H3. The first-order valence-electron chi connectivity index (χ1n) is 6.20. The summed E-state index contributed by atoms with van der Waals surface area (Å²) in [7, 11) is 1.45. The highest BCUT2D eigenvalue weighted by molar-refractivity contribution is 5.69. The zero-order chi connectivity index (χ0) is 12.0. The Hall–Kier alpha value is -0.610. The van der Waals surface area contributed by atoms with Crippen molar-refractivity contribution in [3.05, 3.63) is 0 Å². The fourth-order valence-corrected chi connectivity index (χ4v) is 2.29. The molecule has 94 valence electrons. The zero-order valence-electron chi connectivity index (χ0n) is 10.7. The van der Waals surface area contributed by atoms with Crippen LogP contribution in [0.5, 0.6) is 0 Å². The molecule has 1 aliphatic rings. The molecule has 0 bridgehead atoms. The molecule has 0 aromatic rings. The van der Waals surface area contributed by atoms with E-state index in [-0.39, 0.29) is 5.97 Å². The summed E-state index contributed by atoms with van der Waals surface area (Å²) in [5, 5.41) is 0. The maximum Gasteiger partial charge on any atom is 0.305 e. The van der Waals surface area contributed by atoms with Gasteiger partial charge in [0.25, 0.3) is 0 Å². The fraction of sp³-hybridized carbons (Fsp3) is 0.917. The van der Waals surface area contributed by atoms with Gasteiger partial charge >= 0.3 is 5.97 Å². The van der Waals surface area contributed by atoms with Crippen molar-refractivity contribution in [2.75, 3.05) is 39.8 Å². The number of hydrogen-bond acceptors (Lipinski definition) is 4. The third kappa shape index (κ3) is 4.10. The molecule has 0 spiro atoms. The lowest BCUT2D eigenvalue weighted by Crippen LogP contribution is -2.51. The number of likely N-dealkylation sites (N-methyl/N-ethyl adjacent to an activating group) is 1. The molecule has 1 aliphatic heterocycles.